The average molecular weight is 401 g/mol. The van der Waals surface area contributed by atoms with Crippen molar-refractivity contribution in [3.63, 3.8) is 0 Å². The van der Waals surface area contributed by atoms with Gasteiger partial charge in [0.15, 0.2) is 0 Å². The van der Waals surface area contributed by atoms with Crippen LogP contribution in [0.1, 0.15) is 0 Å². The zero-order chi connectivity index (χ0) is 9.72. The van der Waals surface area contributed by atoms with Crippen molar-refractivity contribution in [2.75, 3.05) is 0 Å². The van der Waals surface area contributed by atoms with E-state index in [-0.39, 0.29) is 0 Å². The van der Waals surface area contributed by atoms with Crippen LogP contribution in [-0.2, 0) is 0 Å². The van der Waals surface area contributed by atoms with Crippen molar-refractivity contribution in [1.29, 1.82) is 0 Å². The fraction of sp³-hybridized carbons (Fsp3) is 0. The lowest BCUT2D eigenvalue weighted by Crippen LogP contribution is -1.66. The molecule has 0 fully saturated rings. The summed E-state index contributed by atoms with van der Waals surface area (Å²) in [6.45, 7) is 0. The van der Waals surface area contributed by atoms with Gasteiger partial charge in [0.25, 0.3) is 0 Å². The summed E-state index contributed by atoms with van der Waals surface area (Å²) in [5.74, 6) is 0. The maximum absolute atomic E-state index is 8.77. The number of hydrogen-bond acceptors (Lipinski definition) is 2. The first-order valence-corrected chi connectivity index (χ1v) is 6.05. The molecule has 12 heavy (non-hydrogen) atoms. The van der Waals surface area contributed by atoms with Gasteiger partial charge in [0.1, 0.15) is 0 Å². The van der Waals surface area contributed by atoms with E-state index in [9.17, 15) is 0 Å². The Balaban J connectivity index is 0.000000261. The van der Waals surface area contributed by atoms with E-state index in [1.165, 1.54) is 0 Å². The van der Waals surface area contributed by atoms with Crippen molar-refractivity contribution in [1.82, 2.24) is 0 Å². The summed E-state index contributed by atoms with van der Waals surface area (Å²) in [5, 5.41) is 9.20. The molecule has 1 aromatic heterocycles. The van der Waals surface area contributed by atoms with Crippen LogP contribution in [0.3, 0.4) is 0 Å². The second-order valence-electron chi connectivity index (χ2n) is 1.42. The molecule has 0 aliphatic heterocycles. The molecule has 1 rings (SSSR count). The monoisotopic (exact) mass is 398 g/mol. The molecule has 0 amide bonds. The minimum Gasteiger partial charge on any atom is -0.469 e. The maximum atomic E-state index is 8.77. The molecule has 0 radical (unpaired) electrons. The van der Waals surface area contributed by atoms with Crippen molar-refractivity contribution in [3.05, 3.63) is 18.1 Å². The zero-order valence-corrected chi connectivity index (χ0v) is 11.7. The van der Waals surface area contributed by atoms with Crippen LogP contribution in [0.15, 0.2) is 18.1 Å². The molecule has 0 saturated heterocycles. The van der Waals surface area contributed by atoms with Crippen LogP contribution >= 0.6 is 70.7 Å². The summed E-state index contributed by atoms with van der Waals surface area (Å²) in [6.07, 6.45) is 0. The summed E-state index contributed by atoms with van der Waals surface area (Å²) < 4.78 is 3.33. The standard InChI is InChI=1S/C4HBr3S.CHClO2/c5-2-1-8-4(7)3(2)6;2-1(3)4/h1H;(H,3,4). The van der Waals surface area contributed by atoms with Gasteiger partial charge in [0.05, 0.1) is 8.26 Å². The summed E-state index contributed by atoms with van der Waals surface area (Å²) in [5.41, 5.74) is -1.36. The largest absolute Gasteiger partial charge is 0.469 e. The SMILES string of the molecule is Brc1csc(Br)c1Br.O=C(O)Cl. The predicted octanol–water partition coefficient (Wildman–Crippen LogP) is 4.94. The van der Waals surface area contributed by atoms with Crippen molar-refractivity contribution >= 4 is 76.2 Å². The molecule has 0 saturated carbocycles. The number of carbonyl (C=O) groups is 1. The Bertz CT molecular complexity index is 252. The Kier molecular flexibility index (Phi) is 6.85. The fourth-order valence-electron chi connectivity index (χ4n) is 0.301. The summed E-state index contributed by atoms with van der Waals surface area (Å²) in [6, 6.07) is 0. The lowest BCUT2D eigenvalue weighted by Gasteiger charge is -1.80. The zero-order valence-electron chi connectivity index (χ0n) is 5.35. The van der Waals surface area contributed by atoms with Crippen molar-refractivity contribution in [2.24, 2.45) is 0 Å². The van der Waals surface area contributed by atoms with E-state index in [2.05, 4.69) is 59.4 Å². The van der Waals surface area contributed by atoms with Crippen LogP contribution < -0.4 is 0 Å². The summed E-state index contributed by atoms with van der Waals surface area (Å²) in [4.78, 5) is 8.77. The first-order chi connectivity index (χ1) is 5.45. The van der Waals surface area contributed by atoms with Gasteiger partial charge in [-0.25, -0.2) is 4.79 Å². The number of carboxylic acid groups (broad SMARTS) is 1. The Morgan fingerprint density at radius 2 is 1.92 bits per heavy atom. The van der Waals surface area contributed by atoms with Gasteiger partial charge in [0.2, 0.25) is 0 Å². The summed E-state index contributed by atoms with van der Waals surface area (Å²) >= 11 is 15.9. The predicted molar refractivity (Wildman–Crippen MR) is 61.3 cm³/mol. The highest BCUT2D eigenvalue weighted by Gasteiger charge is 2.01. The molecule has 0 spiro atoms. The first kappa shape index (κ1) is 12.9. The van der Waals surface area contributed by atoms with Gasteiger partial charge in [-0.15, -0.1) is 11.3 Å². The van der Waals surface area contributed by atoms with Gasteiger partial charge in [-0.3, -0.25) is 0 Å². The Labute approximate surface area is 103 Å². The van der Waals surface area contributed by atoms with E-state index in [0.29, 0.717) is 0 Å². The van der Waals surface area contributed by atoms with Crippen LogP contribution in [0.2, 0.25) is 0 Å². The molecular formula is C5H2Br3ClO2S. The Morgan fingerprint density at radius 1 is 1.50 bits per heavy atom. The molecule has 0 aliphatic carbocycles. The highest BCUT2D eigenvalue weighted by Crippen LogP contribution is 2.36. The molecule has 0 unspecified atom stereocenters. The van der Waals surface area contributed by atoms with E-state index >= 15 is 0 Å². The molecule has 2 nitrogen and oxygen atoms in total. The van der Waals surface area contributed by atoms with Gasteiger partial charge in [-0.1, -0.05) is 0 Å². The molecule has 7 heteroatoms. The average Bonchev–Trinajstić information content (AvgIpc) is 2.19. The molecule has 0 aliphatic rings. The normalized spacial score (nSPS) is 8.67. The first-order valence-electron chi connectivity index (χ1n) is 2.41. The van der Waals surface area contributed by atoms with Crippen LogP contribution in [-0.4, -0.2) is 10.5 Å². The lowest BCUT2D eigenvalue weighted by atomic mass is 10.7. The molecule has 1 heterocycles. The molecule has 1 aromatic rings. The van der Waals surface area contributed by atoms with E-state index in [1.807, 2.05) is 5.38 Å². The van der Waals surface area contributed by atoms with Crippen molar-refractivity contribution in [2.45, 2.75) is 0 Å². The third kappa shape index (κ3) is 5.53. The van der Waals surface area contributed by atoms with E-state index < -0.39 is 5.43 Å². The van der Waals surface area contributed by atoms with Crippen LogP contribution in [0, 0.1) is 0 Å². The highest BCUT2D eigenvalue weighted by atomic mass is 79.9. The number of rotatable bonds is 0. The molecule has 0 bridgehead atoms. The lowest BCUT2D eigenvalue weighted by molar-refractivity contribution is 0.220. The van der Waals surface area contributed by atoms with Gasteiger partial charge in [0, 0.05) is 21.5 Å². The topological polar surface area (TPSA) is 37.3 Å². The van der Waals surface area contributed by atoms with E-state index in [4.69, 9.17) is 9.90 Å². The molecule has 0 aromatic carbocycles. The van der Waals surface area contributed by atoms with E-state index in [1.54, 1.807) is 11.3 Å². The minimum absolute atomic E-state index is 1.10. The second kappa shape index (κ2) is 6.37. The highest BCUT2D eigenvalue weighted by molar-refractivity contribution is 9.14. The van der Waals surface area contributed by atoms with Gasteiger partial charge < -0.3 is 5.11 Å². The summed E-state index contributed by atoms with van der Waals surface area (Å²) in [7, 11) is 0. The molecule has 68 valence electrons. The third-order valence-electron chi connectivity index (χ3n) is 0.648. The van der Waals surface area contributed by atoms with Crippen LogP contribution in [0.4, 0.5) is 4.79 Å². The van der Waals surface area contributed by atoms with Crippen molar-refractivity contribution < 1.29 is 9.90 Å². The van der Waals surface area contributed by atoms with Crippen LogP contribution in [0.5, 0.6) is 0 Å². The second-order valence-corrected chi connectivity index (χ2v) is 5.59. The van der Waals surface area contributed by atoms with E-state index in [0.717, 1.165) is 12.7 Å². The minimum atomic E-state index is -1.36. The number of halogens is 4. The molecule has 1 N–H and O–H groups in total. The maximum Gasteiger partial charge on any atom is 0.401 e. The number of thiophene rings is 1. The fourth-order valence-corrected chi connectivity index (χ4v) is 2.76. The van der Waals surface area contributed by atoms with Crippen molar-refractivity contribution in [3.8, 4) is 0 Å². The number of hydrogen-bond donors (Lipinski definition) is 1. The smallest absolute Gasteiger partial charge is 0.401 e. The molecule has 0 atom stereocenters. The van der Waals surface area contributed by atoms with Gasteiger partial charge in [-0.05, 0) is 47.8 Å². The quantitative estimate of drug-likeness (QED) is 0.626. The van der Waals surface area contributed by atoms with Crippen LogP contribution in [0.25, 0.3) is 0 Å². The van der Waals surface area contributed by atoms with Gasteiger partial charge >= 0.3 is 5.43 Å². The van der Waals surface area contributed by atoms with Gasteiger partial charge in [-0.2, -0.15) is 0 Å². The Hall–Kier alpha value is 0.900. The molecular weight excluding hydrogens is 399 g/mol. The third-order valence-corrected chi connectivity index (χ3v) is 5.45. The Morgan fingerprint density at radius 3 is 2.00 bits per heavy atom.